The predicted octanol–water partition coefficient (Wildman–Crippen LogP) is 2.96. The van der Waals surface area contributed by atoms with Crippen molar-refractivity contribution in [1.29, 1.82) is 0 Å². The van der Waals surface area contributed by atoms with Gasteiger partial charge in [0.15, 0.2) is 0 Å². The number of hydrogen-bond acceptors (Lipinski definition) is 2. The standard InChI is InChI=1S/C11H14FNS/c12-11(5-7-14-8-6-11)9-3-1-2-4-10(9)13/h1-4H,5-8,13H2. The highest BCUT2D eigenvalue weighted by Crippen LogP contribution is 2.41. The molecule has 2 N–H and O–H groups in total. The quantitative estimate of drug-likeness (QED) is 0.723. The van der Waals surface area contributed by atoms with Gasteiger partial charge < -0.3 is 5.73 Å². The fraction of sp³-hybridized carbons (Fsp3) is 0.455. The molecule has 0 aromatic heterocycles. The normalized spacial score (nSPS) is 20.6. The molecule has 0 amide bonds. The van der Waals surface area contributed by atoms with Gasteiger partial charge in [0, 0.05) is 11.3 Å². The summed E-state index contributed by atoms with van der Waals surface area (Å²) in [6.07, 6.45) is 1.18. The third-order valence-electron chi connectivity index (χ3n) is 2.73. The fourth-order valence-corrected chi connectivity index (χ4v) is 3.01. The van der Waals surface area contributed by atoms with Crippen molar-refractivity contribution in [2.45, 2.75) is 18.5 Å². The van der Waals surface area contributed by atoms with E-state index >= 15 is 0 Å². The average molecular weight is 211 g/mol. The van der Waals surface area contributed by atoms with Crippen molar-refractivity contribution < 1.29 is 4.39 Å². The minimum Gasteiger partial charge on any atom is -0.398 e. The highest BCUT2D eigenvalue weighted by atomic mass is 32.2. The van der Waals surface area contributed by atoms with Crippen LogP contribution in [0.3, 0.4) is 0 Å². The van der Waals surface area contributed by atoms with Gasteiger partial charge in [-0.15, -0.1) is 0 Å². The molecule has 1 aliphatic rings. The maximum atomic E-state index is 14.5. The number of alkyl halides is 1. The van der Waals surface area contributed by atoms with E-state index in [1.54, 1.807) is 6.07 Å². The minimum atomic E-state index is -1.18. The van der Waals surface area contributed by atoms with Crippen LogP contribution in [0.1, 0.15) is 18.4 Å². The third-order valence-corrected chi connectivity index (χ3v) is 3.71. The Morgan fingerprint density at radius 3 is 2.50 bits per heavy atom. The van der Waals surface area contributed by atoms with E-state index in [-0.39, 0.29) is 0 Å². The minimum absolute atomic E-state index is 0.585. The molecule has 0 bridgehead atoms. The van der Waals surface area contributed by atoms with Crippen LogP contribution in [-0.4, -0.2) is 11.5 Å². The van der Waals surface area contributed by atoms with Gasteiger partial charge in [-0.1, -0.05) is 18.2 Å². The van der Waals surface area contributed by atoms with Gasteiger partial charge in [0.25, 0.3) is 0 Å². The Labute approximate surface area is 87.9 Å². The van der Waals surface area contributed by atoms with Gasteiger partial charge in [-0.3, -0.25) is 0 Å². The van der Waals surface area contributed by atoms with Gasteiger partial charge in [0.05, 0.1) is 0 Å². The summed E-state index contributed by atoms with van der Waals surface area (Å²) in [6.45, 7) is 0. The molecule has 0 aliphatic carbocycles. The van der Waals surface area contributed by atoms with Crippen LogP contribution >= 0.6 is 11.8 Å². The molecule has 0 unspecified atom stereocenters. The highest BCUT2D eigenvalue weighted by Gasteiger charge is 2.35. The van der Waals surface area contributed by atoms with Crippen molar-refractivity contribution >= 4 is 17.4 Å². The number of rotatable bonds is 1. The molecule has 3 heteroatoms. The van der Waals surface area contributed by atoms with E-state index in [0.29, 0.717) is 24.1 Å². The van der Waals surface area contributed by atoms with Gasteiger partial charge in [-0.25, -0.2) is 4.39 Å². The zero-order chi connectivity index (χ0) is 10.0. The number of thioether (sulfide) groups is 1. The van der Waals surface area contributed by atoms with Crippen molar-refractivity contribution in [2.24, 2.45) is 0 Å². The van der Waals surface area contributed by atoms with E-state index in [2.05, 4.69) is 0 Å². The summed E-state index contributed by atoms with van der Waals surface area (Å²) in [5.74, 6) is 1.79. The van der Waals surface area contributed by atoms with E-state index in [4.69, 9.17) is 5.73 Å². The molecule has 2 rings (SSSR count). The molecule has 1 saturated heterocycles. The first kappa shape index (κ1) is 9.84. The van der Waals surface area contributed by atoms with Crippen LogP contribution in [0.5, 0.6) is 0 Å². The van der Waals surface area contributed by atoms with E-state index in [1.165, 1.54) is 0 Å². The zero-order valence-corrected chi connectivity index (χ0v) is 8.82. The van der Waals surface area contributed by atoms with Crippen molar-refractivity contribution in [2.75, 3.05) is 17.2 Å². The lowest BCUT2D eigenvalue weighted by Crippen LogP contribution is -2.26. The SMILES string of the molecule is Nc1ccccc1C1(F)CCSCC1. The second kappa shape index (κ2) is 3.81. The Morgan fingerprint density at radius 1 is 1.21 bits per heavy atom. The molecule has 1 heterocycles. The number of benzene rings is 1. The van der Waals surface area contributed by atoms with Gasteiger partial charge in [0.1, 0.15) is 5.67 Å². The molecular weight excluding hydrogens is 197 g/mol. The van der Waals surface area contributed by atoms with Crippen LogP contribution in [0, 0.1) is 0 Å². The van der Waals surface area contributed by atoms with Crippen molar-refractivity contribution in [3.63, 3.8) is 0 Å². The van der Waals surface area contributed by atoms with Gasteiger partial charge in [-0.05, 0) is 30.4 Å². The lowest BCUT2D eigenvalue weighted by molar-refractivity contribution is 0.152. The molecule has 0 spiro atoms. The molecule has 0 radical (unpaired) electrons. The fourth-order valence-electron chi connectivity index (χ4n) is 1.87. The maximum absolute atomic E-state index is 14.5. The molecule has 76 valence electrons. The van der Waals surface area contributed by atoms with Crippen molar-refractivity contribution in [1.82, 2.24) is 0 Å². The van der Waals surface area contributed by atoms with Crippen LogP contribution in [-0.2, 0) is 5.67 Å². The molecule has 1 nitrogen and oxygen atoms in total. The second-order valence-corrected chi connectivity index (χ2v) is 4.89. The van der Waals surface area contributed by atoms with E-state index in [0.717, 1.165) is 11.5 Å². The molecule has 1 aromatic carbocycles. The van der Waals surface area contributed by atoms with Crippen molar-refractivity contribution in [3.8, 4) is 0 Å². The summed E-state index contributed by atoms with van der Waals surface area (Å²) >= 11 is 1.82. The van der Waals surface area contributed by atoms with Gasteiger partial charge in [0.2, 0.25) is 0 Å². The Morgan fingerprint density at radius 2 is 1.86 bits per heavy atom. The summed E-state index contributed by atoms with van der Waals surface area (Å²) in [4.78, 5) is 0. The molecule has 1 aromatic rings. The summed E-state index contributed by atoms with van der Waals surface area (Å²) in [5, 5.41) is 0. The van der Waals surface area contributed by atoms with Crippen LogP contribution in [0.4, 0.5) is 10.1 Å². The number of nitrogens with two attached hydrogens (primary N) is 1. The largest absolute Gasteiger partial charge is 0.398 e. The number of halogens is 1. The third kappa shape index (κ3) is 1.73. The van der Waals surface area contributed by atoms with Crippen LogP contribution in [0.15, 0.2) is 24.3 Å². The lowest BCUT2D eigenvalue weighted by atomic mass is 9.89. The zero-order valence-electron chi connectivity index (χ0n) is 8.00. The molecule has 14 heavy (non-hydrogen) atoms. The summed E-state index contributed by atoms with van der Waals surface area (Å²) < 4.78 is 14.5. The van der Waals surface area contributed by atoms with Crippen LogP contribution < -0.4 is 5.73 Å². The Balaban J connectivity index is 2.32. The number of hydrogen-bond donors (Lipinski definition) is 1. The second-order valence-electron chi connectivity index (χ2n) is 3.66. The highest BCUT2D eigenvalue weighted by molar-refractivity contribution is 7.99. The van der Waals surface area contributed by atoms with E-state index < -0.39 is 5.67 Å². The van der Waals surface area contributed by atoms with Crippen LogP contribution in [0.2, 0.25) is 0 Å². The number of nitrogen functional groups attached to an aromatic ring is 1. The number of anilines is 1. The van der Waals surface area contributed by atoms with Crippen molar-refractivity contribution in [3.05, 3.63) is 29.8 Å². The maximum Gasteiger partial charge on any atom is 0.139 e. The smallest absolute Gasteiger partial charge is 0.139 e. The first-order valence-corrected chi connectivity index (χ1v) is 5.99. The van der Waals surface area contributed by atoms with Crippen LogP contribution in [0.25, 0.3) is 0 Å². The molecular formula is C11H14FNS. The Kier molecular flexibility index (Phi) is 2.68. The van der Waals surface area contributed by atoms with Gasteiger partial charge >= 0.3 is 0 Å². The topological polar surface area (TPSA) is 26.0 Å². The molecule has 0 atom stereocenters. The Hall–Kier alpha value is -0.700. The Bertz CT molecular complexity index is 321. The lowest BCUT2D eigenvalue weighted by Gasteiger charge is -2.30. The molecule has 1 fully saturated rings. The summed E-state index contributed by atoms with van der Waals surface area (Å²) in [7, 11) is 0. The predicted molar refractivity (Wildman–Crippen MR) is 60.2 cm³/mol. The molecule has 0 saturated carbocycles. The van der Waals surface area contributed by atoms with E-state index in [1.807, 2.05) is 30.0 Å². The molecule has 1 aliphatic heterocycles. The average Bonchev–Trinajstić information content (AvgIpc) is 2.19. The van der Waals surface area contributed by atoms with E-state index in [9.17, 15) is 4.39 Å². The number of para-hydroxylation sites is 1. The summed E-state index contributed by atoms with van der Waals surface area (Å²) in [6, 6.07) is 7.29. The first-order chi connectivity index (χ1) is 6.72. The monoisotopic (exact) mass is 211 g/mol. The first-order valence-electron chi connectivity index (χ1n) is 4.84. The summed E-state index contributed by atoms with van der Waals surface area (Å²) in [5.41, 5.74) is 5.87. The van der Waals surface area contributed by atoms with Gasteiger partial charge in [-0.2, -0.15) is 11.8 Å².